The van der Waals surface area contributed by atoms with E-state index in [4.69, 9.17) is 4.74 Å². The zero-order valence-corrected chi connectivity index (χ0v) is 6.67. The monoisotopic (exact) mass is 152 g/mol. The Morgan fingerprint density at radius 2 is 2.45 bits per heavy atom. The molecule has 0 N–H and O–H groups in total. The van der Waals surface area contributed by atoms with E-state index in [1.165, 1.54) is 0 Å². The first-order valence-electron chi connectivity index (χ1n) is 4.14. The summed E-state index contributed by atoms with van der Waals surface area (Å²) in [5, 5.41) is 0. The molecular weight excluding hydrogens is 140 g/mol. The molecule has 1 aliphatic carbocycles. The van der Waals surface area contributed by atoms with E-state index in [1.807, 2.05) is 13.0 Å². The van der Waals surface area contributed by atoms with Crippen molar-refractivity contribution in [2.24, 2.45) is 5.92 Å². The van der Waals surface area contributed by atoms with Gasteiger partial charge < -0.3 is 4.74 Å². The third kappa shape index (κ3) is 0.932. The van der Waals surface area contributed by atoms with Crippen LogP contribution in [0, 0.1) is 5.92 Å². The highest BCUT2D eigenvalue weighted by molar-refractivity contribution is 5.98. The van der Waals surface area contributed by atoms with Crippen LogP contribution in [-0.2, 0) is 9.53 Å². The van der Waals surface area contributed by atoms with Gasteiger partial charge in [0.25, 0.3) is 0 Å². The van der Waals surface area contributed by atoms with Crippen LogP contribution in [0.25, 0.3) is 0 Å². The summed E-state index contributed by atoms with van der Waals surface area (Å²) < 4.78 is 5.42. The molecule has 0 spiro atoms. The van der Waals surface area contributed by atoms with Gasteiger partial charge in [-0.2, -0.15) is 0 Å². The average molecular weight is 152 g/mol. The number of fused-ring (bicyclic) bond motifs is 1. The van der Waals surface area contributed by atoms with Crippen molar-refractivity contribution in [3.05, 3.63) is 11.6 Å². The number of hydrogen-bond donors (Lipinski definition) is 0. The van der Waals surface area contributed by atoms with Crippen LogP contribution in [-0.4, -0.2) is 18.5 Å². The summed E-state index contributed by atoms with van der Waals surface area (Å²) >= 11 is 0. The molecule has 0 amide bonds. The molecular formula is C9H12O2. The van der Waals surface area contributed by atoms with Crippen molar-refractivity contribution in [3.8, 4) is 0 Å². The molecule has 11 heavy (non-hydrogen) atoms. The topological polar surface area (TPSA) is 26.3 Å². The van der Waals surface area contributed by atoms with Gasteiger partial charge in [0.05, 0.1) is 6.10 Å². The molecule has 1 heterocycles. The van der Waals surface area contributed by atoms with E-state index in [-0.39, 0.29) is 6.10 Å². The molecule has 0 bridgehead atoms. The lowest BCUT2D eigenvalue weighted by Gasteiger charge is -2.05. The number of carbonyl (C=O) groups is 1. The van der Waals surface area contributed by atoms with E-state index in [2.05, 4.69) is 0 Å². The first-order chi connectivity index (χ1) is 5.33. The standard InChI is InChI=1S/C9H12O2/c1-2-6-7-3-4-11-9(7)5-8(6)10/h2,7,9H,3-5H2,1H3/b6-2-/t7-,9+/m0/s1. The van der Waals surface area contributed by atoms with Gasteiger partial charge >= 0.3 is 0 Å². The van der Waals surface area contributed by atoms with Crippen LogP contribution in [0.1, 0.15) is 19.8 Å². The molecule has 0 unspecified atom stereocenters. The molecule has 2 rings (SSSR count). The minimum atomic E-state index is 0.216. The highest BCUT2D eigenvalue weighted by Crippen LogP contribution is 2.37. The summed E-state index contributed by atoms with van der Waals surface area (Å²) in [6, 6.07) is 0. The van der Waals surface area contributed by atoms with E-state index in [9.17, 15) is 4.79 Å². The van der Waals surface area contributed by atoms with Gasteiger partial charge in [0, 0.05) is 18.9 Å². The van der Waals surface area contributed by atoms with Crippen LogP contribution in [0.4, 0.5) is 0 Å². The van der Waals surface area contributed by atoms with E-state index in [0.717, 1.165) is 18.6 Å². The number of hydrogen-bond acceptors (Lipinski definition) is 2. The summed E-state index contributed by atoms with van der Waals surface area (Å²) in [7, 11) is 0. The summed E-state index contributed by atoms with van der Waals surface area (Å²) in [4.78, 5) is 11.3. The Morgan fingerprint density at radius 3 is 3.18 bits per heavy atom. The molecule has 60 valence electrons. The number of Topliss-reactive ketones (excluding diaryl/α,β-unsaturated/α-hetero) is 1. The fourth-order valence-corrected chi connectivity index (χ4v) is 2.09. The Kier molecular flexibility index (Phi) is 1.57. The SMILES string of the molecule is C/C=C1\C(=O)C[C@H]2OCC[C@@H]12. The molecule has 0 aromatic carbocycles. The Morgan fingerprint density at radius 1 is 1.64 bits per heavy atom. The molecule has 2 heteroatoms. The second-order valence-electron chi connectivity index (χ2n) is 3.18. The maximum absolute atomic E-state index is 11.3. The smallest absolute Gasteiger partial charge is 0.161 e. The van der Waals surface area contributed by atoms with Gasteiger partial charge in [0.1, 0.15) is 0 Å². The Hall–Kier alpha value is -0.630. The fourth-order valence-electron chi connectivity index (χ4n) is 2.09. The van der Waals surface area contributed by atoms with Gasteiger partial charge in [-0.1, -0.05) is 6.08 Å². The van der Waals surface area contributed by atoms with Crippen molar-refractivity contribution in [1.29, 1.82) is 0 Å². The molecule has 0 aromatic rings. The Balaban J connectivity index is 2.27. The zero-order chi connectivity index (χ0) is 7.84. The molecule has 2 nitrogen and oxygen atoms in total. The Bertz CT molecular complexity index is 218. The second-order valence-corrected chi connectivity index (χ2v) is 3.18. The Labute approximate surface area is 66.2 Å². The van der Waals surface area contributed by atoms with Crippen molar-refractivity contribution in [2.45, 2.75) is 25.9 Å². The van der Waals surface area contributed by atoms with E-state index >= 15 is 0 Å². The van der Waals surface area contributed by atoms with Crippen LogP contribution in [0.15, 0.2) is 11.6 Å². The number of carbonyl (C=O) groups excluding carboxylic acids is 1. The lowest BCUT2D eigenvalue weighted by molar-refractivity contribution is -0.115. The van der Waals surface area contributed by atoms with Gasteiger partial charge in [-0.15, -0.1) is 0 Å². The van der Waals surface area contributed by atoms with E-state index < -0.39 is 0 Å². The third-order valence-electron chi connectivity index (χ3n) is 2.63. The van der Waals surface area contributed by atoms with Crippen LogP contribution >= 0.6 is 0 Å². The lowest BCUT2D eigenvalue weighted by atomic mass is 9.99. The first kappa shape index (κ1) is 7.04. The molecule has 1 saturated heterocycles. The van der Waals surface area contributed by atoms with Gasteiger partial charge in [0.15, 0.2) is 5.78 Å². The maximum atomic E-state index is 11.3. The molecule has 2 atom stereocenters. The van der Waals surface area contributed by atoms with Crippen molar-refractivity contribution < 1.29 is 9.53 Å². The van der Waals surface area contributed by atoms with Crippen LogP contribution in [0.3, 0.4) is 0 Å². The number of ketones is 1. The minimum Gasteiger partial charge on any atom is -0.377 e. The van der Waals surface area contributed by atoms with Crippen molar-refractivity contribution >= 4 is 5.78 Å². The van der Waals surface area contributed by atoms with Gasteiger partial charge in [-0.25, -0.2) is 0 Å². The summed E-state index contributed by atoms with van der Waals surface area (Å²) in [6.07, 6.45) is 3.82. The van der Waals surface area contributed by atoms with Crippen molar-refractivity contribution in [3.63, 3.8) is 0 Å². The normalized spacial score (nSPS) is 40.1. The highest BCUT2D eigenvalue weighted by atomic mass is 16.5. The third-order valence-corrected chi connectivity index (χ3v) is 2.63. The largest absolute Gasteiger partial charge is 0.377 e. The predicted molar refractivity (Wildman–Crippen MR) is 41.2 cm³/mol. The second kappa shape index (κ2) is 2.45. The highest BCUT2D eigenvalue weighted by Gasteiger charge is 2.41. The number of ether oxygens (including phenoxy) is 1. The first-order valence-corrected chi connectivity index (χ1v) is 4.14. The molecule has 1 aliphatic heterocycles. The summed E-state index contributed by atoms with van der Waals surface area (Å²) in [6.45, 7) is 2.77. The molecule has 2 aliphatic rings. The number of allylic oxidation sites excluding steroid dienone is 1. The van der Waals surface area contributed by atoms with Crippen LogP contribution in [0.2, 0.25) is 0 Å². The molecule has 0 aromatic heterocycles. The zero-order valence-electron chi connectivity index (χ0n) is 6.67. The molecule has 2 fully saturated rings. The van der Waals surface area contributed by atoms with Gasteiger partial charge in [-0.3, -0.25) is 4.79 Å². The van der Waals surface area contributed by atoms with Gasteiger partial charge in [-0.05, 0) is 18.9 Å². The lowest BCUT2D eigenvalue weighted by Crippen LogP contribution is -2.07. The quantitative estimate of drug-likeness (QED) is 0.489. The van der Waals surface area contributed by atoms with Crippen molar-refractivity contribution in [2.75, 3.05) is 6.61 Å². The molecule has 0 radical (unpaired) electrons. The van der Waals surface area contributed by atoms with Gasteiger partial charge in [0.2, 0.25) is 0 Å². The average Bonchev–Trinajstić information content (AvgIpc) is 2.46. The predicted octanol–water partition coefficient (Wildman–Crippen LogP) is 1.31. The summed E-state index contributed by atoms with van der Waals surface area (Å²) in [5.74, 6) is 0.717. The van der Waals surface area contributed by atoms with Crippen molar-refractivity contribution in [1.82, 2.24) is 0 Å². The van der Waals surface area contributed by atoms with E-state index in [1.54, 1.807) is 0 Å². The maximum Gasteiger partial charge on any atom is 0.161 e. The molecule has 1 saturated carbocycles. The van der Waals surface area contributed by atoms with Crippen LogP contribution < -0.4 is 0 Å². The fraction of sp³-hybridized carbons (Fsp3) is 0.667. The number of rotatable bonds is 0. The van der Waals surface area contributed by atoms with E-state index in [0.29, 0.717) is 18.1 Å². The minimum absolute atomic E-state index is 0.216. The summed E-state index contributed by atoms with van der Waals surface area (Å²) in [5.41, 5.74) is 1.01. The van der Waals surface area contributed by atoms with Crippen LogP contribution in [0.5, 0.6) is 0 Å².